The van der Waals surface area contributed by atoms with Gasteiger partial charge in [-0.25, -0.2) is 0 Å². The van der Waals surface area contributed by atoms with E-state index in [1.165, 1.54) is 10.0 Å². The molecule has 0 aliphatic carbocycles. The molecule has 0 aliphatic rings. The molecule has 1 aromatic carbocycles. The Bertz CT molecular complexity index is 528. The second-order valence-corrected chi connectivity index (χ2v) is 3.97. The number of halogens is 3. The lowest BCUT2D eigenvalue weighted by Gasteiger charge is -2.07. The van der Waals surface area contributed by atoms with Crippen molar-refractivity contribution in [2.45, 2.75) is 19.5 Å². The second-order valence-electron chi connectivity index (χ2n) is 3.57. The van der Waals surface area contributed by atoms with Crippen LogP contribution in [0.25, 0.3) is 10.9 Å². The molecule has 0 bridgehead atoms. The van der Waals surface area contributed by atoms with Crippen molar-refractivity contribution in [3.63, 3.8) is 0 Å². The van der Waals surface area contributed by atoms with Crippen LogP contribution in [0.1, 0.15) is 18.2 Å². The van der Waals surface area contributed by atoms with Gasteiger partial charge in [0.05, 0.1) is 11.1 Å². The second kappa shape index (κ2) is 3.73. The van der Waals surface area contributed by atoms with Crippen LogP contribution in [0.3, 0.4) is 0 Å². The molecule has 1 heterocycles. The molecular weight excluding hydrogens is 235 g/mol. The zero-order chi connectivity index (χ0) is 11.9. The lowest BCUT2D eigenvalue weighted by molar-refractivity contribution is -0.137. The summed E-state index contributed by atoms with van der Waals surface area (Å²) in [6, 6.07) is 5.55. The van der Waals surface area contributed by atoms with E-state index in [9.17, 15) is 13.2 Å². The van der Waals surface area contributed by atoms with Crippen molar-refractivity contribution >= 4 is 23.7 Å². The molecule has 1 aromatic heterocycles. The fourth-order valence-electron chi connectivity index (χ4n) is 1.67. The van der Waals surface area contributed by atoms with Crippen molar-refractivity contribution in [2.75, 3.05) is 0 Å². The first-order chi connectivity index (χ1) is 7.43. The minimum absolute atomic E-state index is 0.495. The van der Waals surface area contributed by atoms with Gasteiger partial charge in [-0.05, 0) is 24.6 Å². The SMILES string of the molecule is CCc1cc2ccc(C(F)(F)F)cc2n1S. The maximum atomic E-state index is 12.5. The first kappa shape index (κ1) is 11.4. The van der Waals surface area contributed by atoms with E-state index in [0.717, 1.165) is 29.6 Å². The van der Waals surface area contributed by atoms with Crippen molar-refractivity contribution in [1.82, 2.24) is 3.97 Å². The van der Waals surface area contributed by atoms with Crippen LogP contribution in [-0.2, 0) is 12.6 Å². The highest BCUT2D eigenvalue weighted by molar-refractivity contribution is 7.78. The first-order valence-corrected chi connectivity index (χ1v) is 5.24. The number of aromatic nitrogens is 1. The third-order valence-corrected chi connectivity index (χ3v) is 3.01. The van der Waals surface area contributed by atoms with E-state index in [-0.39, 0.29) is 0 Å². The molecule has 0 fully saturated rings. The molecule has 0 saturated carbocycles. The normalized spacial score (nSPS) is 12.3. The van der Waals surface area contributed by atoms with E-state index in [1.54, 1.807) is 0 Å². The van der Waals surface area contributed by atoms with Gasteiger partial charge in [-0.3, -0.25) is 3.97 Å². The van der Waals surface area contributed by atoms with Gasteiger partial charge in [-0.1, -0.05) is 25.8 Å². The molecule has 16 heavy (non-hydrogen) atoms. The van der Waals surface area contributed by atoms with Gasteiger partial charge in [-0.15, -0.1) is 0 Å². The van der Waals surface area contributed by atoms with Crippen LogP contribution < -0.4 is 0 Å². The highest BCUT2D eigenvalue weighted by atomic mass is 32.1. The molecular formula is C11H10F3NS. The van der Waals surface area contributed by atoms with E-state index >= 15 is 0 Å². The van der Waals surface area contributed by atoms with Crippen molar-refractivity contribution in [2.24, 2.45) is 0 Å². The van der Waals surface area contributed by atoms with Crippen LogP contribution in [0.5, 0.6) is 0 Å². The smallest absolute Gasteiger partial charge is 0.291 e. The van der Waals surface area contributed by atoms with Crippen molar-refractivity contribution in [1.29, 1.82) is 0 Å². The quantitative estimate of drug-likeness (QED) is 0.727. The van der Waals surface area contributed by atoms with Crippen LogP contribution in [0.2, 0.25) is 0 Å². The molecule has 0 spiro atoms. The third-order valence-electron chi connectivity index (χ3n) is 2.54. The van der Waals surface area contributed by atoms with Gasteiger partial charge in [0.15, 0.2) is 0 Å². The molecule has 0 amide bonds. The fourth-order valence-corrected chi connectivity index (χ4v) is 2.05. The summed E-state index contributed by atoms with van der Waals surface area (Å²) in [7, 11) is 0. The predicted octanol–water partition coefficient (Wildman–Crippen LogP) is 3.92. The van der Waals surface area contributed by atoms with E-state index in [1.807, 2.05) is 13.0 Å². The lowest BCUT2D eigenvalue weighted by Crippen LogP contribution is -2.04. The Morgan fingerprint density at radius 1 is 1.25 bits per heavy atom. The number of rotatable bonds is 1. The van der Waals surface area contributed by atoms with Crippen LogP contribution >= 0.6 is 12.8 Å². The average molecular weight is 245 g/mol. The molecule has 0 saturated heterocycles. The monoisotopic (exact) mass is 245 g/mol. The number of fused-ring (bicyclic) bond motifs is 1. The van der Waals surface area contributed by atoms with Crippen molar-refractivity contribution in [3.05, 3.63) is 35.5 Å². The van der Waals surface area contributed by atoms with Crippen LogP contribution in [-0.4, -0.2) is 3.97 Å². The first-order valence-electron chi connectivity index (χ1n) is 4.84. The average Bonchev–Trinajstić information content (AvgIpc) is 2.54. The molecule has 0 aliphatic heterocycles. The largest absolute Gasteiger partial charge is 0.416 e. The summed E-state index contributed by atoms with van der Waals surface area (Å²) in [5.74, 6) is 0. The molecule has 1 nitrogen and oxygen atoms in total. The van der Waals surface area contributed by atoms with Gasteiger partial charge in [0.1, 0.15) is 0 Å². The number of benzene rings is 1. The van der Waals surface area contributed by atoms with E-state index < -0.39 is 11.7 Å². The number of nitrogens with zero attached hydrogens (tertiary/aromatic N) is 1. The summed E-state index contributed by atoms with van der Waals surface area (Å²) in [6.07, 6.45) is -3.57. The molecule has 2 rings (SSSR count). The zero-order valence-corrected chi connectivity index (χ0v) is 9.44. The maximum Gasteiger partial charge on any atom is 0.416 e. The highest BCUT2D eigenvalue weighted by Crippen LogP contribution is 2.32. The number of aryl methyl sites for hydroxylation is 1. The van der Waals surface area contributed by atoms with Crippen LogP contribution in [0.15, 0.2) is 24.3 Å². The number of hydrogen-bond acceptors (Lipinski definition) is 1. The summed E-state index contributed by atoms with van der Waals surface area (Å²) in [5.41, 5.74) is 0.753. The minimum Gasteiger partial charge on any atom is -0.291 e. The Labute approximate surface area is 96.4 Å². The van der Waals surface area contributed by atoms with Crippen LogP contribution in [0.4, 0.5) is 13.2 Å². The molecule has 0 radical (unpaired) electrons. The summed E-state index contributed by atoms with van der Waals surface area (Å²) in [6.45, 7) is 1.94. The highest BCUT2D eigenvalue weighted by Gasteiger charge is 2.30. The topological polar surface area (TPSA) is 4.93 Å². The van der Waals surface area contributed by atoms with Gasteiger partial charge < -0.3 is 0 Å². The van der Waals surface area contributed by atoms with Gasteiger partial charge >= 0.3 is 6.18 Å². The van der Waals surface area contributed by atoms with Gasteiger partial charge in [0.2, 0.25) is 0 Å². The summed E-state index contributed by atoms with van der Waals surface area (Å²) >= 11 is 4.19. The van der Waals surface area contributed by atoms with E-state index in [0.29, 0.717) is 5.52 Å². The fraction of sp³-hybridized carbons (Fsp3) is 0.273. The third kappa shape index (κ3) is 1.80. The van der Waals surface area contributed by atoms with Gasteiger partial charge in [-0.2, -0.15) is 13.2 Å². The van der Waals surface area contributed by atoms with E-state index in [4.69, 9.17) is 0 Å². The van der Waals surface area contributed by atoms with Gasteiger partial charge in [0.25, 0.3) is 0 Å². The van der Waals surface area contributed by atoms with Crippen molar-refractivity contribution in [3.8, 4) is 0 Å². The summed E-state index contributed by atoms with van der Waals surface area (Å²) in [4.78, 5) is 0. The molecule has 0 N–H and O–H groups in total. The molecule has 86 valence electrons. The standard InChI is InChI=1S/C11H10F3NS/c1-2-9-5-7-3-4-8(11(12,13)14)6-10(7)15(9)16/h3-6,16H,2H2,1H3. The van der Waals surface area contributed by atoms with E-state index in [2.05, 4.69) is 12.8 Å². The molecule has 0 atom stereocenters. The van der Waals surface area contributed by atoms with Gasteiger partial charge in [0, 0.05) is 11.1 Å². The zero-order valence-electron chi connectivity index (χ0n) is 8.54. The Morgan fingerprint density at radius 2 is 1.94 bits per heavy atom. The maximum absolute atomic E-state index is 12.5. The van der Waals surface area contributed by atoms with Crippen LogP contribution in [0, 0.1) is 0 Å². The summed E-state index contributed by atoms with van der Waals surface area (Å²) < 4.78 is 39.0. The predicted molar refractivity (Wildman–Crippen MR) is 60.7 cm³/mol. The Hall–Kier alpha value is -1.10. The minimum atomic E-state index is -4.31. The Balaban J connectivity index is 2.66. The molecule has 0 unspecified atom stereocenters. The Kier molecular flexibility index (Phi) is 2.66. The molecule has 2 aromatic rings. The number of alkyl halides is 3. The number of hydrogen-bond donors (Lipinski definition) is 1. The number of thiol groups is 1. The molecule has 5 heteroatoms. The lowest BCUT2D eigenvalue weighted by atomic mass is 10.1. The summed E-state index contributed by atoms with van der Waals surface area (Å²) in [5, 5.41) is 0.778. The van der Waals surface area contributed by atoms with Crippen molar-refractivity contribution < 1.29 is 13.2 Å². The Morgan fingerprint density at radius 3 is 2.50 bits per heavy atom.